The summed E-state index contributed by atoms with van der Waals surface area (Å²) in [5, 5.41) is 13.5. The Hall–Kier alpha value is -0.710. The number of nitrogens with one attached hydrogen (secondary N) is 1. The molecule has 1 aromatic rings. The Bertz CT molecular complexity index is 438. The number of amides is 1. The summed E-state index contributed by atoms with van der Waals surface area (Å²) in [5.41, 5.74) is 1.16. The summed E-state index contributed by atoms with van der Waals surface area (Å²) in [4.78, 5) is 11.8. The third-order valence-electron chi connectivity index (χ3n) is 3.49. The molecule has 3 nitrogen and oxygen atoms in total. The number of carbonyl (C=O) groups is 1. The second-order valence-electron chi connectivity index (χ2n) is 5.15. The number of carbonyl (C=O) groups excluding carboxylic acids is 1. The van der Waals surface area contributed by atoms with Crippen LogP contribution in [-0.2, 0) is 10.5 Å². The molecule has 2 N–H and O–H groups in total. The van der Waals surface area contributed by atoms with Gasteiger partial charge in [-0.3, -0.25) is 4.79 Å². The molecule has 1 saturated carbocycles. The van der Waals surface area contributed by atoms with Gasteiger partial charge in [0.15, 0.2) is 0 Å². The molecule has 20 heavy (non-hydrogen) atoms. The fourth-order valence-corrected chi connectivity index (χ4v) is 3.30. The van der Waals surface area contributed by atoms with Gasteiger partial charge < -0.3 is 10.4 Å². The van der Waals surface area contributed by atoms with Gasteiger partial charge in [-0.15, -0.1) is 11.8 Å². The van der Waals surface area contributed by atoms with Crippen molar-refractivity contribution in [1.82, 2.24) is 5.32 Å². The summed E-state index contributed by atoms with van der Waals surface area (Å²) < 4.78 is 0. The maximum atomic E-state index is 11.8. The monoisotopic (exact) mass is 313 g/mol. The van der Waals surface area contributed by atoms with Crippen molar-refractivity contribution in [2.75, 3.05) is 5.75 Å². The minimum absolute atomic E-state index is 0.00918. The number of thioether (sulfide) groups is 1. The van der Waals surface area contributed by atoms with Crippen molar-refractivity contribution in [1.29, 1.82) is 0 Å². The second kappa shape index (κ2) is 7.91. The van der Waals surface area contributed by atoms with Crippen LogP contribution in [0.1, 0.15) is 31.2 Å². The van der Waals surface area contributed by atoms with Gasteiger partial charge in [-0.2, -0.15) is 0 Å². The maximum Gasteiger partial charge on any atom is 0.230 e. The Kier molecular flexibility index (Phi) is 6.20. The first-order valence-electron chi connectivity index (χ1n) is 6.95. The molecule has 1 fully saturated rings. The molecule has 1 aromatic carbocycles. The number of rotatable bonds is 5. The van der Waals surface area contributed by atoms with Crippen molar-refractivity contribution in [3.05, 3.63) is 34.9 Å². The topological polar surface area (TPSA) is 49.3 Å². The molecule has 0 spiro atoms. The lowest BCUT2D eigenvalue weighted by Crippen LogP contribution is -2.45. The van der Waals surface area contributed by atoms with Crippen molar-refractivity contribution in [2.24, 2.45) is 0 Å². The number of benzene rings is 1. The van der Waals surface area contributed by atoms with E-state index in [4.69, 9.17) is 11.6 Å². The van der Waals surface area contributed by atoms with Gasteiger partial charge in [0.25, 0.3) is 0 Å². The number of hydrogen-bond donors (Lipinski definition) is 2. The van der Waals surface area contributed by atoms with E-state index in [1.165, 1.54) is 0 Å². The molecule has 1 aliphatic carbocycles. The standard InChI is InChI=1S/C15H20ClNO2S/c16-12-7-5-11(6-8-12)9-20-10-15(19)17-13-3-1-2-4-14(13)18/h5-8,13-14,18H,1-4,9-10H2,(H,17,19)/t13-,14-/m1/s1. The first kappa shape index (κ1) is 15.7. The number of halogens is 1. The molecule has 5 heteroatoms. The molecule has 110 valence electrons. The van der Waals surface area contributed by atoms with E-state index in [1.54, 1.807) is 11.8 Å². The van der Waals surface area contributed by atoms with Crippen LogP contribution in [-0.4, -0.2) is 28.9 Å². The van der Waals surface area contributed by atoms with Crippen LogP contribution in [0.5, 0.6) is 0 Å². The molecule has 1 aliphatic rings. The summed E-state index contributed by atoms with van der Waals surface area (Å²) in [6.45, 7) is 0. The molecule has 1 amide bonds. The Morgan fingerprint density at radius 1 is 1.30 bits per heavy atom. The van der Waals surface area contributed by atoms with Crippen molar-refractivity contribution in [3.8, 4) is 0 Å². The zero-order valence-corrected chi connectivity index (χ0v) is 12.9. The van der Waals surface area contributed by atoms with Gasteiger partial charge in [0.1, 0.15) is 0 Å². The summed E-state index contributed by atoms with van der Waals surface area (Å²) in [6.07, 6.45) is 3.44. The van der Waals surface area contributed by atoms with Gasteiger partial charge in [0, 0.05) is 10.8 Å². The highest BCUT2D eigenvalue weighted by Crippen LogP contribution is 2.19. The van der Waals surface area contributed by atoms with Gasteiger partial charge in [-0.1, -0.05) is 36.6 Å². The van der Waals surface area contributed by atoms with Crippen LogP contribution < -0.4 is 5.32 Å². The zero-order valence-electron chi connectivity index (χ0n) is 11.3. The molecule has 2 atom stereocenters. The van der Waals surface area contributed by atoms with Crippen LogP contribution in [0.25, 0.3) is 0 Å². The smallest absolute Gasteiger partial charge is 0.230 e. The summed E-state index contributed by atoms with van der Waals surface area (Å²) in [5.74, 6) is 1.22. The maximum absolute atomic E-state index is 11.8. The quantitative estimate of drug-likeness (QED) is 0.878. The SMILES string of the molecule is O=C(CSCc1ccc(Cl)cc1)N[C@@H]1CCCC[C@H]1O. The Morgan fingerprint density at radius 3 is 2.70 bits per heavy atom. The molecule has 2 rings (SSSR count). The first-order valence-corrected chi connectivity index (χ1v) is 8.48. The van der Waals surface area contributed by atoms with Gasteiger partial charge in [0.2, 0.25) is 5.91 Å². The van der Waals surface area contributed by atoms with E-state index >= 15 is 0 Å². The van der Waals surface area contributed by atoms with E-state index in [2.05, 4.69) is 5.32 Å². The number of aliphatic hydroxyl groups excluding tert-OH is 1. The average Bonchev–Trinajstić information content (AvgIpc) is 2.44. The zero-order chi connectivity index (χ0) is 14.4. The highest BCUT2D eigenvalue weighted by molar-refractivity contribution is 7.99. The molecular formula is C15H20ClNO2S. The molecular weight excluding hydrogens is 294 g/mol. The fraction of sp³-hybridized carbons (Fsp3) is 0.533. The molecule has 0 aromatic heterocycles. The van der Waals surface area contributed by atoms with Crippen molar-refractivity contribution in [3.63, 3.8) is 0 Å². The van der Waals surface area contributed by atoms with Crippen LogP contribution in [0, 0.1) is 0 Å². The third-order valence-corrected chi connectivity index (χ3v) is 4.75. The first-order chi connectivity index (χ1) is 9.65. The minimum Gasteiger partial charge on any atom is -0.391 e. The summed E-state index contributed by atoms with van der Waals surface area (Å²) in [7, 11) is 0. The predicted molar refractivity (Wildman–Crippen MR) is 84.0 cm³/mol. The van der Waals surface area contributed by atoms with Gasteiger partial charge in [0.05, 0.1) is 17.9 Å². The van der Waals surface area contributed by atoms with Crippen molar-refractivity contribution in [2.45, 2.75) is 43.6 Å². The number of aliphatic hydroxyl groups is 1. The van der Waals surface area contributed by atoms with Crippen molar-refractivity contribution >= 4 is 29.3 Å². The van der Waals surface area contributed by atoms with Crippen LogP contribution in [0.15, 0.2) is 24.3 Å². The Morgan fingerprint density at radius 2 is 2.00 bits per heavy atom. The van der Waals surface area contributed by atoms with Crippen molar-refractivity contribution < 1.29 is 9.90 Å². The molecule has 0 aliphatic heterocycles. The van der Waals surface area contributed by atoms with Gasteiger partial charge >= 0.3 is 0 Å². The van der Waals surface area contributed by atoms with Crippen LogP contribution in [0.2, 0.25) is 5.02 Å². The third kappa shape index (κ3) is 5.00. The Balaban J connectivity index is 1.68. The average molecular weight is 314 g/mol. The molecule has 0 saturated heterocycles. The van der Waals surface area contributed by atoms with E-state index in [9.17, 15) is 9.90 Å². The van der Waals surface area contributed by atoms with Gasteiger partial charge in [-0.05, 0) is 30.5 Å². The van der Waals surface area contributed by atoms with E-state index in [1.807, 2.05) is 24.3 Å². The molecule has 0 radical (unpaired) electrons. The van der Waals surface area contributed by atoms with E-state index in [-0.39, 0.29) is 18.1 Å². The fourth-order valence-electron chi connectivity index (χ4n) is 2.37. The van der Waals surface area contributed by atoms with E-state index in [0.29, 0.717) is 5.75 Å². The van der Waals surface area contributed by atoms with Crippen LogP contribution in [0.3, 0.4) is 0 Å². The lowest BCUT2D eigenvalue weighted by Gasteiger charge is -2.28. The normalized spacial score (nSPS) is 22.5. The molecule has 0 bridgehead atoms. The number of hydrogen-bond acceptors (Lipinski definition) is 3. The van der Waals surface area contributed by atoms with E-state index in [0.717, 1.165) is 42.0 Å². The van der Waals surface area contributed by atoms with E-state index < -0.39 is 0 Å². The molecule has 0 heterocycles. The Labute approximate surface area is 129 Å². The highest BCUT2D eigenvalue weighted by atomic mass is 35.5. The predicted octanol–water partition coefficient (Wildman–Crippen LogP) is 2.99. The highest BCUT2D eigenvalue weighted by Gasteiger charge is 2.24. The van der Waals surface area contributed by atoms with Crippen LogP contribution >= 0.6 is 23.4 Å². The molecule has 0 unspecified atom stereocenters. The largest absolute Gasteiger partial charge is 0.391 e. The minimum atomic E-state index is -0.381. The van der Waals surface area contributed by atoms with Crippen LogP contribution in [0.4, 0.5) is 0 Å². The summed E-state index contributed by atoms with van der Waals surface area (Å²) >= 11 is 7.40. The second-order valence-corrected chi connectivity index (χ2v) is 6.57. The van der Waals surface area contributed by atoms with Gasteiger partial charge in [-0.25, -0.2) is 0 Å². The summed E-state index contributed by atoms with van der Waals surface area (Å²) in [6, 6.07) is 7.59. The lowest BCUT2D eigenvalue weighted by atomic mass is 9.93. The lowest BCUT2D eigenvalue weighted by molar-refractivity contribution is -0.120.